The number of carboxylic acids is 1. The van der Waals surface area contributed by atoms with Gasteiger partial charge in [0.25, 0.3) is 0 Å². The first kappa shape index (κ1) is 8.53. The Hall–Kier alpha value is -1.06. The Kier molecular flexibility index (Phi) is 1.98. The van der Waals surface area contributed by atoms with Gasteiger partial charge in [-0.3, -0.25) is 9.59 Å². The van der Waals surface area contributed by atoms with Gasteiger partial charge in [-0.05, 0) is 19.3 Å². The Labute approximate surface area is 75.9 Å². The van der Waals surface area contributed by atoms with E-state index in [1.807, 2.05) is 0 Å². The van der Waals surface area contributed by atoms with E-state index in [4.69, 9.17) is 9.84 Å². The summed E-state index contributed by atoms with van der Waals surface area (Å²) in [7, 11) is 0. The molecule has 13 heavy (non-hydrogen) atoms. The second-order valence-electron chi connectivity index (χ2n) is 3.76. The number of hydrogen-bond donors (Lipinski definition) is 1. The maximum absolute atomic E-state index is 10.9. The van der Waals surface area contributed by atoms with Gasteiger partial charge >= 0.3 is 11.9 Å². The van der Waals surface area contributed by atoms with Crippen molar-refractivity contribution in [3.8, 4) is 0 Å². The molecule has 1 N–H and O–H groups in total. The van der Waals surface area contributed by atoms with Gasteiger partial charge in [0.2, 0.25) is 0 Å². The van der Waals surface area contributed by atoms with E-state index in [1.54, 1.807) is 0 Å². The summed E-state index contributed by atoms with van der Waals surface area (Å²) in [5.74, 6) is -1.11. The fourth-order valence-corrected chi connectivity index (χ4v) is 1.95. The Bertz CT molecular complexity index is 248. The molecule has 2 rings (SSSR count). The van der Waals surface area contributed by atoms with Crippen molar-refractivity contribution in [1.29, 1.82) is 0 Å². The lowest BCUT2D eigenvalue weighted by atomic mass is 10.0. The van der Waals surface area contributed by atoms with Crippen LogP contribution in [-0.2, 0) is 14.3 Å². The Morgan fingerprint density at radius 3 is 2.85 bits per heavy atom. The number of ether oxygens (including phenoxy) is 1. The summed E-state index contributed by atoms with van der Waals surface area (Å²) >= 11 is 0. The van der Waals surface area contributed by atoms with E-state index in [1.165, 1.54) is 0 Å². The maximum Gasteiger partial charge on any atom is 0.306 e. The number of esters is 1. The molecular weight excluding hydrogens is 172 g/mol. The largest absolute Gasteiger partial charge is 0.481 e. The second kappa shape index (κ2) is 3.01. The van der Waals surface area contributed by atoms with Crippen LogP contribution in [0.2, 0.25) is 0 Å². The zero-order valence-electron chi connectivity index (χ0n) is 7.23. The molecule has 0 unspecified atom stereocenters. The highest BCUT2D eigenvalue weighted by Gasteiger charge is 2.50. The molecule has 4 heteroatoms. The van der Waals surface area contributed by atoms with Crippen molar-refractivity contribution in [1.82, 2.24) is 0 Å². The van der Waals surface area contributed by atoms with Crippen molar-refractivity contribution in [2.45, 2.75) is 31.8 Å². The highest BCUT2D eigenvalue weighted by atomic mass is 16.5. The van der Waals surface area contributed by atoms with Crippen LogP contribution in [0.5, 0.6) is 0 Å². The van der Waals surface area contributed by atoms with Crippen LogP contribution in [0.25, 0.3) is 0 Å². The first-order valence-electron chi connectivity index (χ1n) is 4.61. The van der Waals surface area contributed by atoms with E-state index in [0.29, 0.717) is 12.8 Å². The smallest absolute Gasteiger partial charge is 0.306 e. The van der Waals surface area contributed by atoms with E-state index in [2.05, 4.69) is 0 Å². The summed E-state index contributed by atoms with van der Waals surface area (Å²) in [6, 6.07) is 0. The third kappa shape index (κ3) is 1.66. The van der Waals surface area contributed by atoms with Gasteiger partial charge in [0.1, 0.15) is 6.10 Å². The molecule has 1 aliphatic heterocycles. The normalized spacial score (nSPS) is 38.2. The topological polar surface area (TPSA) is 63.6 Å². The molecule has 0 bridgehead atoms. The van der Waals surface area contributed by atoms with E-state index >= 15 is 0 Å². The molecule has 1 saturated heterocycles. The number of rotatable bonds is 2. The number of aliphatic carboxylic acids is 1. The zero-order chi connectivity index (χ0) is 9.42. The molecule has 1 aliphatic carbocycles. The summed E-state index contributed by atoms with van der Waals surface area (Å²) in [6.45, 7) is 0. The quantitative estimate of drug-likeness (QED) is 0.645. The summed E-state index contributed by atoms with van der Waals surface area (Å²) in [4.78, 5) is 21.5. The minimum absolute atomic E-state index is 0.0850. The molecule has 72 valence electrons. The molecule has 0 aromatic carbocycles. The van der Waals surface area contributed by atoms with E-state index in [0.717, 1.165) is 12.8 Å². The van der Waals surface area contributed by atoms with Gasteiger partial charge in [0.15, 0.2) is 0 Å². The van der Waals surface area contributed by atoms with Crippen LogP contribution in [0.15, 0.2) is 0 Å². The van der Waals surface area contributed by atoms with Crippen molar-refractivity contribution >= 4 is 11.9 Å². The van der Waals surface area contributed by atoms with E-state index in [9.17, 15) is 9.59 Å². The lowest BCUT2D eigenvalue weighted by molar-refractivity contribution is -0.156. The van der Waals surface area contributed by atoms with Crippen LogP contribution in [0.3, 0.4) is 0 Å². The summed E-state index contributed by atoms with van der Waals surface area (Å²) in [5, 5.41) is 8.68. The van der Waals surface area contributed by atoms with Crippen LogP contribution >= 0.6 is 0 Å². The van der Waals surface area contributed by atoms with Crippen molar-refractivity contribution in [3.05, 3.63) is 0 Å². The van der Waals surface area contributed by atoms with Crippen LogP contribution in [0.4, 0.5) is 0 Å². The minimum Gasteiger partial charge on any atom is -0.481 e. The zero-order valence-corrected chi connectivity index (χ0v) is 7.23. The number of carbonyl (C=O) groups is 2. The third-order valence-corrected chi connectivity index (χ3v) is 2.79. The van der Waals surface area contributed by atoms with Crippen LogP contribution in [-0.4, -0.2) is 23.1 Å². The maximum atomic E-state index is 10.9. The molecule has 0 spiro atoms. The lowest BCUT2D eigenvalue weighted by Crippen LogP contribution is -2.26. The van der Waals surface area contributed by atoms with Crippen molar-refractivity contribution in [3.63, 3.8) is 0 Å². The number of hydrogen-bond acceptors (Lipinski definition) is 3. The summed E-state index contributed by atoms with van der Waals surface area (Å²) in [6.07, 6.45) is 2.71. The molecule has 2 fully saturated rings. The Balaban J connectivity index is 1.89. The molecule has 0 amide bonds. The molecule has 0 aromatic rings. The Morgan fingerprint density at radius 2 is 2.31 bits per heavy atom. The molecule has 1 heterocycles. The van der Waals surface area contributed by atoms with Gasteiger partial charge in [-0.2, -0.15) is 0 Å². The first-order valence-corrected chi connectivity index (χ1v) is 4.61. The highest BCUT2D eigenvalue weighted by Crippen LogP contribution is 2.45. The van der Waals surface area contributed by atoms with Crippen molar-refractivity contribution < 1.29 is 19.4 Å². The van der Waals surface area contributed by atoms with Gasteiger partial charge in [0.05, 0.1) is 5.92 Å². The molecule has 0 aromatic heterocycles. The van der Waals surface area contributed by atoms with Gasteiger partial charge in [-0.1, -0.05) is 0 Å². The minimum atomic E-state index is -0.758. The van der Waals surface area contributed by atoms with E-state index in [-0.39, 0.29) is 23.9 Å². The molecular formula is C9H12O4. The highest BCUT2D eigenvalue weighted by molar-refractivity contribution is 5.74. The average molecular weight is 184 g/mol. The van der Waals surface area contributed by atoms with Crippen LogP contribution in [0, 0.1) is 11.8 Å². The van der Waals surface area contributed by atoms with Gasteiger partial charge in [-0.25, -0.2) is 0 Å². The van der Waals surface area contributed by atoms with Gasteiger partial charge in [-0.15, -0.1) is 0 Å². The first-order chi connectivity index (χ1) is 6.18. The number of carbonyl (C=O) groups excluding carboxylic acids is 1. The summed E-state index contributed by atoms with van der Waals surface area (Å²) in [5.41, 5.74) is 0. The van der Waals surface area contributed by atoms with E-state index < -0.39 is 5.97 Å². The van der Waals surface area contributed by atoms with Crippen molar-refractivity contribution in [2.75, 3.05) is 0 Å². The second-order valence-corrected chi connectivity index (χ2v) is 3.76. The van der Waals surface area contributed by atoms with Crippen LogP contribution in [0.1, 0.15) is 25.7 Å². The predicted molar refractivity (Wildman–Crippen MR) is 43.0 cm³/mol. The fraction of sp³-hybridized carbons (Fsp3) is 0.778. The van der Waals surface area contributed by atoms with Crippen LogP contribution < -0.4 is 0 Å². The Morgan fingerprint density at radius 1 is 1.54 bits per heavy atom. The molecule has 4 nitrogen and oxygen atoms in total. The molecule has 0 radical (unpaired) electrons. The SMILES string of the molecule is O=C1CCC[C@H]([C@H]2C[C@@H]2C(=O)O)O1. The predicted octanol–water partition coefficient (Wildman–Crippen LogP) is 0.803. The van der Waals surface area contributed by atoms with Crippen molar-refractivity contribution in [2.24, 2.45) is 11.8 Å². The molecule has 3 atom stereocenters. The number of cyclic esters (lactones) is 1. The monoisotopic (exact) mass is 184 g/mol. The lowest BCUT2D eigenvalue weighted by Gasteiger charge is -2.21. The fourth-order valence-electron chi connectivity index (χ4n) is 1.95. The third-order valence-electron chi connectivity index (χ3n) is 2.79. The average Bonchev–Trinajstić information content (AvgIpc) is 2.82. The standard InChI is InChI=1S/C9H12O4/c10-8-3-1-2-7(13-8)5-4-6(5)9(11)12/h5-7H,1-4H2,(H,11,12)/t5-,6-,7+/m0/s1. The van der Waals surface area contributed by atoms with Gasteiger partial charge < -0.3 is 9.84 Å². The summed E-state index contributed by atoms with van der Waals surface area (Å²) < 4.78 is 5.09. The number of carboxylic acid groups (broad SMARTS) is 1. The molecule has 1 saturated carbocycles. The van der Waals surface area contributed by atoms with Gasteiger partial charge in [0, 0.05) is 12.3 Å². The molecule has 2 aliphatic rings.